The minimum Gasteiger partial charge on any atom is -0.265 e. The maximum atomic E-state index is 3.78. The lowest BCUT2D eigenvalue weighted by atomic mass is 10.5. The van der Waals surface area contributed by atoms with Gasteiger partial charge in [0, 0.05) is 62.0 Å². The van der Waals surface area contributed by atoms with E-state index < -0.39 is 0 Å². The smallest absolute Gasteiger partial charge is 0.0496 e. The molecule has 6 nitrogen and oxygen atoms in total. The highest BCUT2D eigenvalue weighted by Gasteiger charge is 1.60. The summed E-state index contributed by atoms with van der Waals surface area (Å²) in [7, 11) is 0. The maximum Gasteiger partial charge on any atom is 0.0496 e. The standard InChI is InChI=1S/2C5H5N.2C4H4N2.4C2H6/c2*1-2-4-6-5-3-1;1-2-6-4-3-5-1;1-2-4-6-5-3-1;4*1-2/h2*1-5H;2*1-4H;4*1-2H3. The maximum absolute atomic E-state index is 3.78. The van der Waals surface area contributed by atoms with Crippen LogP contribution in [0.2, 0.25) is 0 Å². The Morgan fingerprint density at radius 3 is 0.562 bits per heavy atom. The first kappa shape index (κ1) is 35.9. The fourth-order valence-electron chi connectivity index (χ4n) is 1.13. The zero-order valence-electron chi connectivity index (χ0n) is 21.1. The number of hydrogen-bond donors (Lipinski definition) is 0. The third kappa shape index (κ3) is 41.0. The molecule has 4 aromatic rings. The van der Waals surface area contributed by atoms with Gasteiger partial charge in [-0.3, -0.25) is 19.9 Å². The van der Waals surface area contributed by atoms with Gasteiger partial charge in [-0.1, -0.05) is 67.5 Å². The largest absolute Gasteiger partial charge is 0.265 e. The summed E-state index contributed by atoms with van der Waals surface area (Å²) in [6.07, 6.45) is 16.8. The molecule has 4 heterocycles. The van der Waals surface area contributed by atoms with Crippen LogP contribution in [0.4, 0.5) is 0 Å². The fraction of sp³-hybridized carbons (Fsp3) is 0.308. The lowest BCUT2D eigenvalue weighted by Crippen LogP contribution is -1.69. The van der Waals surface area contributed by atoms with E-state index in [-0.39, 0.29) is 0 Å². The van der Waals surface area contributed by atoms with Crippen molar-refractivity contribution >= 4 is 0 Å². The minimum absolute atomic E-state index is 1.64. The predicted octanol–water partition coefficient (Wildman–Crippen LogP) is 7.22. The highest BCUT2D eigenvalue weighted by atomic mass is 15.1. The molecule has 4 rings (SSSR count). The van der Waals surface area contributed by atoms with E-state index in [0.29, 0.717) is 0 Å². The van der Waals surface area contributed by atoms with Crippen LogP contribution in [0.15, 0.2) is 110 Å². The van der Waals surface area contributed by atoms with Crippen LogP contribution in [-0.2, 0) is 0 Å². The van der Waals surface area contributed by atoms with Crippen molar-refractivity contribution in [3.63, 3.8) is 0 Å². The van der Waals surface area contributed by atoms with Crippen molar-refractivity contribution in [1.82, 2.24) is 30.1 Å². The molecule has 0 amide bonds. The highest BCUT2D eigenvalue weighted by molar-refractivity contribution is 4.88. The van der Waals surface area contributed by atoms with Gasteiger partial charge in [-0.05, 0) is 36.4 Å². The SMILES string of the molecule is CC.CC.CC.CC.c1ccncc1.c1ccncc1.c1ccnnc1.c1cnccn1. The lowest BCUT2D eigenvalue weighted by Gasteiger charge is -1.70. The summed E-state index contributed by atoms with van der Waals surface area (Å²) in [4.78, 5) is 15.0. The van der Waals surface area contributed by atoms with E-state index in [4.69, 9.17) is 0 Å². The second kappa shape index (κ2) is 45.9. The summed E-state index contributed by atoms with van der Waals surface area (Å²) in [6, 6.07) is 15.1. The summed E-state index contributed by atoms with van der Waals surface area (Å²) in [6.45, 7) is 16.0. The van der Waals surface area contributed by atoms with Crippen molar-refractivity contribution in [1.29, 1.82) is 0 Å². The molecule has 6 heteroatoms. The molecule has 32 heavy (non-hydrogen) atoms. The van der Waals surface area contributed by atoms with Crippen LogP contribution >= 0.6 is 0 Å². The molecule has 0 aliphatic heterocycles. The molecular weight excluding hydrogens is 396 g/mol. The second-order valence-corrected chi connectivity index (χ2v) is 3.86. The average Bonchev–Trinajstić information content (AvgIpc) is 2.98. The van der Waals surface area contributed by atoms with E-state index >= 15 is 0 Å². The number of rotatable bonds is 0. The molecule has 0 fully saturated rings. The third-order valence-electron chi connectivity index (χ3n) is 2.09. The molecule has 4 aromatic heterocycles. The fourth-order valence-corrected chi connectivity index (χ4v) is 1.13. The van der Waals surface area contributed by atoms with Crippen molar-refractivity contribution in [2.24, 2.45) is 0 Å². The quantitative estimate of drug-likeness (QED) is 0.288. The van der Waals surface area contributed by atoms with Crippen LogP contribution in [-0.4, -0.2) is 30.1 Å². The second-order valence-electron chi connectivity index (χ2n) is 3.86. The first-order valence-electron chi connectivity index (χ1n) is 11.1. The van der Waals surface area contributed by atoms with Gasteiger partial charge in [0.05, 0.1) is 0 Å². The third-order valence-corrected chi connectivity index (χ3v) is 2.09. The van der Waals surface area contributed by atoms with Gasteiger partial charge >= 0.3 is 0 Å². The molecule has 0 spiro atoms. The van der Waals surface area contributed by atoms with Crippen LogP contribution in [0.5, 0.6) is 0 Å². The number of nitrogens with zero attached hydrogens (tertiary/aromatic N) is 6. The van der Waals surface area contributed by atoms with E-state index in [0.717, 1.165) is 0 Å². The van der Waals surface area contributed by atoms with Crippen molar-refractivity contribution in [2.75, 3.05) is 0 Å². The number of pyridine rings is 2. The molecule has 0 N–H and O–H groups in total. The van der Waals surface area contributed by atoms with E-state index in [1.165, 1.54) is 0 Å². The zero-order chi connectivity index (χ0) is 25.0. The first-order valence-corrected chi connectivity index (χ1v) is 11.1. The summed E-state index contributed by atoms with van der Waals surface area (Å²) in [5.74, 6) is 0. The zero-order valence-corrected chi connectivity index (χ0v) is 21.1. The normalized spacial score (nSPS) is 6.75. The summed E-state index contributed by atoms with van der Waals surface area (Å²) >= 11 is 0. The molecule has 0 unspecified atom stereocenters. The van der Waals surface area contributed by atoms with Gasteiger partial charge in [0.1, 0.15) is 0 Å². The molecule has 0 bridgehead atoms. The van der Waals surface area contributed by atoms with Gasteiger partial charge < -0.3 is 0 Å². The lowest BCUT2D eigenvalue weighted by molar-refractivity contribution is 1.03. The van der Waals surface area contributed by atoms with Crippen LogP contribution < -0.4 is 0 Å². The molecule has 0 atom stereocenters. The van der Waals surface area contributed by atoms with Gasteiger partial charge in [0.2, 0.25) is 0 Å². The van der Waals surface area contributed by atoms with E-state index in [1.807, 2.05) is 104 Å². The average molecular weight is 439 g/mol. The summed E-state index contributed by atoms with van der Waals surface area (Å²) in [5.41, 5.74) is 0. The monoisotopic (exact) mass is 438 g/mol. The van der Waals surface area contributed by atoms with Gasteiger partial charge in [0.25, 0.3) is 0 Å². The highest BCUT2D eigenvalue weighted by Crippen LogP contribution is 1.74. The van der Waals surface area contributed by atoms with Crippen LogP contribution in [0.25, 0.3) is 0 Å². The van der Waals surface area contributed by atoms with Crippen molar-refractivity contribution < 1.29 is 0 Å². The predicted molar refractivity (Wildman–Crippen MR) is 138 cm³/mol. The molecule has 0 saturated heterocycles. The van der Waals surface area contributed by atoms with Gasteiger partial charge in [0.15, 0.2) is 0 Å². The van der Waals surface area contributed by atoms with Crippen LogP contribution in [0.3, 0.4) is 0 Å². The van der Waals surface area contributed by atoms with E-state index in [2.05, 4.69) is 30.1 Å². The molecule has 0 aliphatic rings. The Bertz CT molecular complexity index is 436. The molecule has 0 aromatic carbocycles. The first-order chi connectivity index (χ1) is 16.0. The molecular formula is C26H42N6. The number of hydrogen-bond acceptors (Lipinski definition) is 6. The topological polar surface area (TPSA) is 77.3 Å². The van der Waals surface area contributed by atoms with E-state index in [1.54, 1.807) is 62.0 Å². The van der Waals surface area contributed by atoms with Crippen LogP contribution in [0, 0.1) is 0 Å². The molecule has 0 radical (unpaired) electrons. The minimum atomic E-state index is 1.64. The Balaban J connectivity index is -0.000000148. The molecule has 176 valence electrons. The van der Waals surface area contributed by atoms with Crippen molar-refractivity contribution in [3.8, 4) is 0 Å². The van der Waals surface area contributed by atoms with Gasteiger partial charge in [-0.15, -0.1) is 0 Å². The van der Waals surface area contributed by atoms with Crippen molar-refractivity contribution in [3.05, 3.63) is 110 Å². The molecule has 0 aliphatic carbocycles. The van der Waals surface area contributed by atoms with Gasteiger partial charge in [-0.25, -0.2) is 0 Å². The van der Waals surface area contributed by atoms with E-state index in [9.17, 15) is 0 Å². The number of aromatic nitrogens is 6. The van der Waals surface area contributed by atoms with Crippen molar-refractivity contribution in [2.45, 2.75) is 55.4 Å². The Hall–Kier alpha value is -3.54. The Kier molecular flexibility index (Phi) is 51.5. The Morgan fingerprint density at radius 1 is 0.250 bits per heavy atom. The summed E-state index contributed by atoms with van der Waals surface area (Å²) < 4.78 is 0. The van der Waals surface area contributed by atoms with Crippen LogP contribution in [0.1, 0.15) is 55.4 Å². The van der Waals surface area contributed by atoms with Gasteiger partial charge in [-0.2, -0.15) is 10.2 Å². The molecule has 0 saturated carbocycles. The Labute approximate surface area is 196 Å². The Morgan fingerprint density at radius 2 is 0.469 bits per heavy atom. The summed E-state index contributed by atoms with van der Waals surface area (Å²) in [5, 5.41) is 7.07.